The highest BCUT2D eigenvalue weighted by Crippen LogP contribution is 2.24. The Hall–Kier alpha value is -13.9. The Morgan fingerprint density at radius 1 is 0.135 bits per heavy atom. The van der Waals surface area contributed by atoms with Gasteiger partial charge in [0.05, 0.1) is 28.5 Å². The molecule has 0 unspecified atom stereocenters. The molecule has 111 heavy (non-hydrogen) atoms. The van der Waals surface area contributed by atoms with Crippen LogP contribution in [-0.2, 0) is 0 Å². The maximum Gasteiger partial charge on any atom is 0.226 e. The molecule has 11 heteroatoms. The van der Waals surface area contributed by atoms with Gasteiger partial charge in [-0.25, -0.2) is 0 Å². The first-order valence-corrected chi connectivity index (χ1v) is 43.2. The summed E-state index contributed by atoms with van der Waals surface area (Å²) in [4.78, 5) is 39.5. The Kier molecular flexibility index (Phi) is 21.8. The van der Waals surface area contributed by atoms with Crippen LogP contribution in [0.1, 0.15) is 0 Å². The number of aromatic nitrogens is 8. The number of pyridine rings is 8. The van der Waals surface area contributed by atoms with Gasteiger partial charge >= 0.3 is 0 Å². The molecule has 0 saturated carbocycles. The second-order valence-corrected chi connectivity index (χ2v) is 38.3. The molecular formula is C100H76N8Si3. The number of benzene rings is 10. The van der Waals surface area contributed by atoms with Gasteiger partial charge < -0.3 is 0 Å². The summed E-state index contributed by atoms with van der Waals surface area (Å²) in [5.41, 5.74) is 12.5. The molecule has 528 valence electrons. The van der Waals surface area contributed by atoms with Gasteiger partial charge in [0.2, 0.25) is 8.07 Å². The molecule has 0 radical (unpaired) electrons. The van der Waals surface area contributed by atoms with Gasteiger partial charge in [-0.05, 0) is 118 Å². The van der Waals surface area contributed by atoms with Crippen LogP contribution in [0.3, 0.4) is 0 Å². The molecule has 0 N–H and O–H groups in total. The van der Waals surface area contributed by atoms with E-state index >= 15 is 0 Å². The third-order valence-corrected chi connectivity index (χ3v) is 34.5. The topological polar surface area (TPSA) is 103 Å². The van der Waals surface area contributed by atoms with Gasteiger partial charge in [0.25, 0.3) is 0 Å². The first kappa shape index (κ1) is 71.3. The highest BCUT2D eigenvalue weighted by Gasteiger charge is 2.46. The summed E-state index contributed by atoms with van der Waals surface area (Å²) in [6.45, 7) is 0. The number of hydrogen-bond acceptors (Lipinski definition) is 8. The third-order valence-electron chi connectivity index (χ3n) is 20.6. The number of hydrogen-bond donors (Lipinski definition) is 0. The molecular weight excluding hydrogens is 1400 g/mol. The smallest absolute Gasteiger partial charge is 0.226 e. The van der Waals surface area contributed by atoms with Crippen LogP contribution in [-0.4, -0.2) is 64.1 Å². The predicted molar refractivity (Wildman–Crippen MR) is 465 cm³/mol. The average molecular weight is 1470 g/mol. The summed E-state index contributed by atoms with van der Waals surface area (Å²) in [7, 11) is -8.24. The quantitative estimate of drug-likeness (QED) is 0.0618. The van der Waals surface area contributed by atoms with Crippen molar-refractivity contribution in [3.63, 3.8) is 0 Å². The van der Waals surface area contributed by atoms with Crippen molar-refractivity contribution in [3.8, 4) is 67.4 Å². The van der Waals surface area contributed by atoms with Crippen molar-refractivity contribution in [2.75, 3.05) is 0 Å². The number of rotatable bonds is 18. The van der Waals surface area contributed by atoms with E-state index in [1.165, 1.54) is 41.5 Å². The maximum absolute atomic E-state index is 5.18. The molecule has 8 heterocycles. The minimum Gasteiger partial charge on any atom is -0.265 e. The van der Waals surface area contributed by atoms with Crippen LogP contribution in [0, 0.1) is 0 Å². The lowest BCUT2D eigenvalue weighted by Crippen LogP contribution is -2.76. The van der Waals surface area contributed by atoms with Gasteiger partial charge in [-0.2, -0.15) is 0 Å². The number of nitrogens with zero attached hydrogens (tertiary/aromatic N) is 8. The molecule has 10 aromatic carbocycles. The van der Waals surface area contributed by atoms with E-state index in [9.17, 15) is 0 Å². The largest absolute Gasteiger partial charge is 0.265 e. The van der Waals surface area contributed by atoms with E-state index in [4.69, 9.17) is 34.9 Å². The highest BCUT2D eigenvalue weighted by atomic mass is 28.3. The Bertz CT molecular complexity index is 5470. The molecule has 0 bridgehead atoms. The highest BCUT2D eigenvalue weighted by molar-refractivity contribution is 7.21. The van der Waals surface area contributed by atoms with Crippen molar-refractivity contribution in [2.45, 2.75) is 0 Å². The summed E-state index contributed by atoms with van der Waals surface area (Å²) in [5.74, 6) is 0. The van der Waals surface area contributed by atoms with Gasteiger partial charge in [0.1, 0.15) is 0 Å². The molecule has 0 aliphatic heterocycles. The Labute approximate surface area is 651 Å². The van der Waals surface area contributed by atoms with E-state index in [1.54, 1.807) is 0 Å². The zero-order chi connectivity index (χ0) is 74.8. The van der Waals surface area contributed by atoms with Crippen LogP contribution in [0.2, 0.25) is 0 Å². The zero-order valence-electron chi connectivity index (χ0n) is 61.0. The van der Waals surface area contributed by atoms with E-state index in [-0.39, 0.29) is 0 Å². The van der Waals surface area contributed by atoms with Gasteiger partial charge in [-0.3, -0.25) is 39.9 Å². The molecule has 0 saturated heterocycles. The zero-order valence-corrected chi connectivity index (χ0v) is 64.0. The molecule has 0 spiro atoms. The minimum atomic E-state index is -3.02. The molecule has 18 aromatic rings. The van der Waals surface area contributed by atoms with Crippen LogP contribution in [0.4, 0.5) is 0 Å². The Balaban J connectivity index is 0.000000128. The van der Waals surface area contributed by atoms with Gasteiger partial charge in [-0.15, -0.1) is 0 Å². The molecule has 8 nitrogen and oxygen atoms in total. The van der Waals surface area contributed by atoms with Crippen molar-refractivity contribution >= 4 is 86.7 Å². The first-order chi connectivity index (χ1) is 55.1. The van der Waals surface area contributed by atoms with Crippen LogP contribution in [0.25, 0.3) is 67.4 Å². The van der Waals surface area contributed by atoms with E-state index in [1.807, 2.05) is 134 Å². The summed E-state index contributed by atoms with van der Waals surface area (Å²) in [6, 6.07) is 142. The first-order valence-electron chi connectivity index (χ1n) is 37.2. The Morgan fingerprint density at radius 3 is 0.658 bits per heavy atom. The Morgan fingerprint density at radius 2 is 0.396 bits per heavy atom. The fraction of sp³-hybridized carbons (Fsp3) is 0. The molecule has 0 aliphatic carbocycles. The second kappa shape index (κ2) is 33.9. The van der Waals surface area contributed by atoms with Crippen molar-refractivity contribution in [2.24, 2.45) is 0 Å². The summed E-state index contributed by atoms with van der Waals surface area (Å²) >= 11 is 0. The predicted octanol–water partition coefficient (Wildman–Crippen LogP) is 14.4. The van der Waals surface area contributed by atoms with E-state index < -0.39 is 24.2 Å². The average Bonchev–Trinajstić information content (AvgIpc) is 0.743. The second-order valence-electron chi connectivity index (χ2n) is 27.0. The lowest BCUT2D eigenvalue weighted by molar-refractivity contribution is 1.31. The van der Waals surface area contributed by atoms with Crippen molar-refractivity contribution < 1.29 is 0 Å². The summed E-state index contributed by atoms with van der Waals surface area (Å²) in [5, 5.41) is 14.4. The van der Waals surface area contributed by atoms with Crippen LogP contribution >= 0.6 is 0 Å². The third kappa shape index (κ3) is 15.0. The lowest BCUT2D eigenvalue weighted by atomic mass is 10.1. The molecule has 8 aromatic heterocycles. The van der Waals surface area contributed by atoms with Crippen LogP contribution in [0.5, 0.6) is 0 Å². The summed E-state index contributed by atoms with van der Waals surface area (Å²) in [6.07, 6.45) is 17.9. The van der Waals surface area contributed by atoms with Gasteiger partial charge in [0, 0.05) is 94.2 Å². The monoisotopic (exact) mass is 1470 g/mol. The molecule has 0 amide bonds. The standard InChI is InChI=1S/C38H28N4Si.C33H25N3Si.C29H23NSi/c1-4-12-29(13-5-1)32-19-24-38(42-26-32)43(37-18-10-11-25-39-37,33-20-22-35(40-27-33)30-14-6-2-7-15-30)34-21-23-36(41-28-34)31-16-8-3-9-17-31;1-4-11-26(12-5-1)32-20-18-30(24-35-32)37(28-15-8-3-9-16-28,29-17-10-22-34-23-29)31-19-21-33(36-25-31)27-13-6-2-7-14-27;1-5-13-24(14-6-1)29-22-21-28(23-30-29)31(25-15-7-2-8-16-25,26-17-9-3-10-18-26)27-19-11-4-12-20-27/h1-28H;1-25H;1-23H. The lowest BCUT2D eigenvalue weighted by Gasteiger charge is -2.34. The fourth-order valence-electron chi connectivity index (χ4n) is 15.2. The molecule has 0 fully saturated rings. The van der Waals surface area contributed by atoms with E-state index in [0.29, 0.717) is 0 Å². The van der Waals surface area contributed by atoms with Crippen LogP contribution < -0.4 is 62.5 Å². The van der Waals surface area contributed by atoms with Gasteiger partial charge in [0.15, 0.2) is 16.1 Å². The van der Waals surface area contributed by atoms with Gasteiger partial charge in [-0.1, -0.05) is 352 Å². The molecule has 18 rings (SSSR count). The normalized spacial score (nSPS) is 11.2. The molecule has 0 atom stereocenters. The SMILES string of the molecule is c1ccc(-c2ccc([Si](c3ccc(-c4ccccc4)nc3)(c3ccc(-c4ccccc4)nc3)c3ccccn3)nc2)cc1.c1ccc(-c2ccc([Si](c3ccccc3)(c3ccccc3)c3ccccc3)cn2)cc1.c1ccc(-c2ccc([Si](c3ccccc3)(c3cccnc3)c3ccc(-c4ccccc4)nc3)cn2)cc1. The van der Waals surface area contributed by atoms with Crippen molar-refractivity contribution in [3.05, 3.63) is 462 Å². The maximum atomic E-state index is 5.18. The van der Waals surface area contributed by atoms with Crippen molar-refractivity contribution in [1.82, 2.24) is 39.9 Å². The van der Waals surface area contributed by atoms with E-state index in [0.717, 1.165) is 88.4 Å². The molecule has 0 aliphatic rings. The summed E-state index contributed by atoms with van der Waals surface area (Å²) < 4.78 is 0. The fourth-order valence-corrected chi connectivity index (χ4v) is 28.5. The van der Waals surface area contributed by atoms with E-state index in [2.05, 4.69) is 333 Å². The van der Waals surface area contributed by atoms with Crippen LogP contribution in [0.15, 0.2) is 462 Å². The van der Waals surface area contributed by atoms with Crippen molar-refractivity contribution in [1.29, 1.82) is 0 Å². The minimum absolute atomic E-state index is 0.929.